The molecule has 228 valence electrons. The number of nitrogens with zero attached hydrogens (tertiary/aromatic N) is 1. The molecule has 0 saturated carbocycles. The number of hydrogen-bond donors (Lipinski definition) is 10. The summed E-state index contributed by atoms with van der Waals surface area (Å²) < 4.78 is 0. The van der Waals surface area contributed by atoms with Gasteiger partial charge >= 0.3 is 5.97 Å². The maximum atomic E-state index is 12.9. The number of carbonyl (C=O) groups is 6. The quantitative estimate of drug-likeness (QED) is 0.0424. The normalized spacial score (nSPS) is 14.5. The van der Waals surface area contributed by atoms with Crippen molar-refractivity contribution in [2.24, 2.45) is 28.1 Å². The fourth-order valence-electron chi connectivity index (χ4n) is 3.26. The van der Waals surface area contributed by atoms with E-state index in [9.17, 15) is 39.0 Å². The third kappa shape index (κ3) is 14.2. The van der Waals surface area contributed by atoms with E-state index in [2.05, 4.69) is 31.6 Å². The van der Waals surface area contributed by atoms with Crippen LogP contribution in [0.5, 0.6) is 0 Å². The molecule has 40 heavy (non-hydrogen) atoms. The van der Waals surface area contributed by atoms with Crippen LogP contribution in [0.2, 0.25) is 0 Å². The van der Waals surface area contributed by atoms with Gasteiger partial charge in [-0.3, -0.25) is 29.0 Å². The van der Waals surface area contributed by atoms with E-state index in [-0.39, 0.29) is 37.7 Å². The van der Waals surface area contributed by atoms with E-state index in [4.69, 9.17) is 17.2 Å². The van der Waals surface area contributed by atoms with E-state index in [0.29, 0.717) is 0 Å². The van der Waals surface area contributed by atoms with Crippen molar-refractivity contribution in [2.45, 2.75) is 77.2 Å². The Balaban J connectivity index is 5.14. The molecule has 0 aliphatic heterocycles. The molecular formula is C23H43N9O8. The first-order valence-electron chi connectivity index (χ1n) is 12.7. The number of carbonyl (C=O) groups excluding carboxylic acids is 5. The van der Waals surface area contributed by atoms with Gasteiger partial charge in [0.15, 0.2) is 5.96 Å². The summed E-state index contributed by atoms with van der Waals surface area (Å²) in [6.45, 7) is 5.33. The zero-order chi connectivity index (χ0) is 31.0. The van der Waals surface area contributed by atoms with Crippen LogP contribution >= 0.6 is 0 Å². The third-order valence-corrected chi connectivity index (χ3v) is 5.42. The second kappa shape index (κ2) is 18.3. The molecule has 0 aromatic rings. The second-order valence-corrected chi connectivity index (χ2v) is 9.51. The Labute approximate surface area is 232 Å². The van der Waals surface area contributed by atoms with Crippen LogP contribution < -0.4 is 43.8 Å². The second-order valence-electron chi connectivity index (χ2n) is 9.51. The molecule has 0 aromatic carbocycles. The fraction of sp³-hybridized carbons (Fsp3) is 0.696. The third-order valence-electron chi connectivity index (χ3n) is 5.42. The number of nitrogens with two attached hydrogens (primary N) is 3. The highest BCUT2D eigenvalue weighted by molar-refractivity contribution is 5.95. The van der Waals surface area contributed by atoms with Gasteiger partial charge in [-0.05, 0) is 39.0 Å². The lowest BCUT2D eigenvalue weighted by Gasteiger charge is -2.25. The van der Waals surface area contributed by atoms with E-state index in [1.807, 2.05) is 0 Å². The number of carboxylic acids is 1. The Hall–Kier alpha value is -3.99. The lowest BCUT2D eigenvalue weighted by atomic mass is 10.0. The topological polar surface area (TPSA) is 293 Å². The average Bonchev–Trinajstić information content (AvgIpc) is 2.87. The lowest BCUT2D eigenvalue weighted by Crippen LogP contribution is -2.58. The van der Waals surface area contributed by atoms with E-state index >= 15 is 0 Å². The van der Waals surface area contributed by atoms with Gasteiger partial charge < -0.3 is 54.0 Å². The number of guanidine groups is 1. The summed E-state index contributed by atoms with van der Waals surface area (Å²) in [4.78, 5) is 77.2. The predicted molar refractivity (Wildman–Crippen MR) is 144 cm³/mol. The van der Waals surface area contributed by atoms with E-state index in [1.54, 1.807) is 13.8 Å². The minimum Gasteiger partial charge on any atom is -0.480 e. The van der Waals surface area contributed by atoms with Gasteiger partial charge in [0.2, 0.25) is 29.5 Å². The van der Waals surface area contributed by atoms with Crippen LogP contribution in [0, 0.1) is 5.92 Å². The van der Waals surface area contributed by atoms with Gasteiger partial charge in [0.1, 0.15) is 30.2 Å². The first kappa shape index (κ1) is 36.0. The average molecular weight is 574 g/mol. The first-order valence-corrected chi connectivity index (χ1v) is 12.7. The lowest BCUT2D eigenvalue weighted by molar-refractivity contribution is -0.142. The first-order chi connectivity index (χ1) is 18.6. The van der Waals surface area contributed by atoms with Crippen molar-refractivity contribution in [3.8, 4) is 0 Å². The van der Waals surface area contributed by atoms with Gasteiger partial charge in [0, 0.05) is 6.54 Å². The van der Waals surface area contributed by atoms with Crippen molar-refractivity contribution in [3.05, 3.63) is 0 Å². The van der Waals surface area contributed by atoms with Crippen molar-refractivity contribution < 1.29 is 39.0 Å². The SMILES string of the molecule is CC(C)C[C@H](NC(=O)[C@H](CO)NC(=O)CN)C(=O)N[C@@H](C)C(=O)N[C@@H](C)C(=O)N[C@@H](CCCN=C(N)N)C(=O)O. The van der Waals surface area contributed by atoms with Gasteiger partial charge in [-0.1, -0.05) is 13.8 Å². The molecule has 0 aliphatic rings. The molecule has 17 nitrogen and oxygen atoms in total. The molecule has 13 N–H and O–H groups in total. The van der Waals surface area contributed by atoms with Crippen LogP contribution in [0.1, 0.15) is 47.0 Å². The monoisotopic (exact) mass is 573 g/mol. The number of aliphatic carboxylic acids is 1. The molecule has 0 aromatic heterocycles. The molecule has 17 heteroatoms. The molecule has 5 amide bonds. The summed E-state index contributed by atoms with van der Waals surface area (Å²) >= 11 is 0. The minimum absolute atomic E-state index is 0.0426. The Bertz CT molecular complexity index is 924. The van der Waals surface area contributed by atoms with Crippen molar-refractivity contribution in [1.29, 1.82) is 0 Å². The van der Waals surface area contributed by atoms with Gasteiger partial charge in [-0.2, -0.15) is 0 Å². The van der Waals surface area contributed by atoms with Crippen LogP contribution in [-0.2, 0) is 28.8 Å². The molecule has 0 unspecified atom stereocenters. The van der Waals surface area contributed by atoms with E-state index in [0.717, 1.165) is 0 Å². The van der Waals surface area contributed by atoms with Crippen LogP contribution in [-0.4, -0.2) is 102 Å². The molecule has 0 heterocycles. The van der Waals surface area contributed by atoms with Crippen LogP contribution in [0.25, 0.3) is 0 Å². The minimum atomic E-state index is -1.33. The number of aliphatic hydroxyl groups excluding tert-OH is 1. The highest BCUT2D eigenvalue weighted by atomic mass is 16.4. The van der Waals surface area contributed by atoms with Gasteiger partial charge in [-0.15, -0.1) is 0 Å². The van der Waals surface area contributed by atoms with Crippen molar-refractivity contribution in [1.82, 2.24) is 26.6 Å². The molecular weight excluding hydrogens is 530 g/mol. The smallest absolute Gasteiger partial charge is 0.326 e. The molecule has 0 fully saturated rings. The van der Waals surface area contributed by atoms with Gasteiger partial charge in [0.05, 0.1) is 13.2 Å². The molecule has 5 atom stereocenters. The van der Waals surface area contributed by atoms with E-state index < -0.39 is 78.9 Å². The largest absolute Gasteiger partial charge is 0.480 e. The summed E-state index contributed by atoms with van der Waals surface area (Å²) in [5.41, 5.74) is 15.6. The molecule has 0 rings (SSSR count). The van der Waals surface area contributed by atoms with Crippen LogP contribution in [0.4, 0.5) is 0 Å². The molecule has 0 spiro atoms. The standard InChI is InChI=1S/C23H43N9O8/c1-11(2)8-15(32-21(38)16(10-33)30-17(34)9-24)20(37)29-12(3)18(35)28-13(4)19(36)31-14(22(39)40)6-5-7-27-23(25)26/h11-16,33H,5-10,24H2,1-4H3,(H,28,35)(H,29,37)(H,30,34)(H,31,36)(H,32,38)(H,39,40)(H4,25,26,27)/t12-,13-,14-,15-,16-/m0/s1. The molecule has 0 saturated heterocycles. The maximum Gasteiger partial charge on any atom is 0.326 e. The number of nitrogens with one attached hydrogen (secondary N) is 5. The van der Waals surface area contributed by atoms with Crippen LogP contribution in [0.3, 0.4) is 0 Å². The number of amides is 5. The maximum absolute atomic E-state index is 12.9. The van der Waals surface area contributed by atoms with Gasteiger partial charge in [0.25, 0.3) is 0 Å². The van der Waals surface area contributed by atoms with Gasteiger partial charge in [-0.25, -0.2) is 4.79 Å². The summed E-state index contributed by atoms with van der Waals surface area (Å²) in [6, 6.07) is -5.97. The summed E-state index contributed by atoms with van der Waals surface area (Å²) in [6.07, 6.45) is 0.500. The fourth-order valence-corrected chi connectivity index (χ4v) is 3.26. The van der Waals surface area contributed by atoms with Crippen molar-refractivity contribution >= 4 is 41.5 Å². The summed E-state index contributed by atoms with van der Waals surface area (Å²) in [5, 5.41) is 30.6. The Morgan fingerprint density at radius 1 is 0.750 bits per heavy atom. The number of rotatable bonds is 18. The summed E-state index contributed by atoms with van der Waals surface area (Å²) in [7, 11) is 0. The highest BCUT2D eigenvalue weighted by Gasteiger charge is 2.30. The number of hydrogen-bond acceptors (Lipinski definition) is 9. The molecule has 0 radical (unpaired) electrons. The predicted octanol–water partition coefficient (Wildman–Crippen LogP) is -4.41. The Morgan fingerprint density at radius 2 is 1.25 bits per heavy atom. The zero-order valence-electron chi connectivity index (χ0n) is 23.2. The molecule has 0 aliphatic carbocycles. The number of carboxylic acid groups (broad SMARTS) is 1. The van der Waals surface area contributed by atoms with Crippen LogP contribution in [0.15, 0.2) is 4.99 Å². The zero-order valence-corrected chi connectivity index (χ0v) is 23.2. The summed E-state index contributed by atoms with van der Waals surface area (Å²) in [5.74, 6) is -5.19. The van der Waals surface area contributed by atoms with Crippen molar-refractivity contribution in [2.75, 3.05) is 19.7 Å². The highest BCUT2D eigenvalue weighted by Crippen LogP contribution is 2.06. The number of aliphatic hydroxyl groups is 1. The number of aliphatic imine (C=N–C) groups is 1. The molecule has 0 bridgehead atoms. The van der Waals surface area contributed by atoms with Crippen molar-refractivity contribution in [3.63, 3.8) is 0 Å². The Morgan fingerprint density at radius 3 is 1.73 bits per heavy atom. The Kier molecular flexibility index (Phi) is 16.5. The van der Waals surface area contributed by atoms with E-state index in [1.165, 1.54) is 13.8 Å².